The van der Waals surface area contributed by atoms with Crippen LogP contribution in [0.3, 0.4) is 0 Å². The number of benzene rings is 1. The number of carbonyl (C=O) groups is 3. The molecule has 9 heteroatoms. The van der Waals surface area contributed by atoms with Gasteiger partial charge in [0.15, 0.2) is 0 Å². The Morgan fingerprint density at radius 3 is 2.29 bits per heavy atom. The van der Waals surface area contributed by atoms with Crippen LogP contribution in [0.5, 0.6) is 0 Å². The molecule has 0 saturated heterocycles. The second-order valence-electron chi connectivity index (χ2n) is 9.00. The maximum Gasteiger partial charge on any atom is 0.408 e. The molecule has 9 nitrogen and oxygen atoms in total. The van der Waals surface area contributed by atoms with Crippen molar-refractivity contribution in [3.8, 4) is 6.07 Å². The maximum absolute atomic E-state index is 13.3. The Morgan fingerprint density at radius 1 is 1.15 bits per heavy atom. The molecule has 34 heavy (non-hydrogen) atoms. The first-order valence-corrected chi connectivity index (χ1v) is 11.7. The first kappa shape index (κ1) is 28.9. The predicted octanol–water partition coefficient (Wildman–Crippen LogP) is 2.83. The first-order chi connectivity index (χ1) is 16.1. The molecule has 0 bridgehead atoms. The van der Waals surface area contributed by atoms with Gasteiger partial charge in [-0.2, -0.15) is 5.26 Å². The molecule has 0 aliphatic carbocycles. The number of unbranched alkanes of at least 4 members (excludes halogenated alkanes) is 2. The summed E-state index contributed by atoms with van der Waals surface area (Å²) in [5.74, 6) is -1.19. The van der Waals surface area contributed by atoms with Gasteiger partial charge >= 0.3 is 6.09 Å². The lowest BCUT2D eigenvalue weighted by molar-refractivity contribution is -0.142. The van der Waals surface area contributed by atoms with Crippen LogP contribution in [0.1, 0.15) is 71.0 Å². The van der Waals surface area contributed by atoms with Gasteiger partial charge in [-0.15, -0.1) is 0 Å². The number of hydrogen-bond donors (Lipinski definition) is 3. The molecule has 0 spiro atoms. The minimum atomic E-state index is -1.38. The summed E-state index contributed by atoms with van der Waals surface area (Å²) in [6, 6.07) is 6.67. The van der Waals surface area contributed by atoms with E-state index in [2.05, 4.69) is 17.6 Å². The van der Waals surface area contributed by atoms with Gasteiger partial charge < -0.3 is 25.4 Å². The monoisotopic (exact) mass is 474 g/mol. The lowest BCUT2D eigenvalue weighted by Gasteiger charge is -2.32. The van der Waals surface area contributed by atoms with Crippen LogP contribution in [0.15, 0.2) is 24.3 Å². The number of amides is 3. The smallest absolute Gasteiger partial charge is 0.408 e. The van der Waals surface area contributed by atoms with Crippen molar-refractivity contribution in [3.63, 3.8) is 0 Å². The molecule has 2 unspecified atom stereocenters. The maximum atomic E-state index is 13.3. The Bertz CT molecular complexity index is 842. The van der Waals surface area contributed by atoms with Gasteiger partial charge in [0.2, 0.25) is 11.8 Å². The molecule has 0 aromatic heterocycles. The van der Waals surface area contributed by atoms with Gasteiger partial charge in [0.25, 0.3) is 0 Å². The van der Waals surface area contributed by atoms with Gasteiger partial charge in [-0.05, 0) is 44.7 Å². The number of nitriles is 1. The van der Waals surface area contributed by atoms with Crippen molar-refractivity contribution in [1.29, 1.82) is 5.26 Å². The van der Waals surface area contributed by atoms with E-state index in [1.54, 1.807) is 32.9 Å². The number of alkyl carbamates (subject to hydrolysis) is 1. The summed E-state index contributed by atoms with van der Waals surface area (Å²) in [7, 11) is 0. The molecular formula is C25H38N4O5. The van der Waals surface area contributed by atoms with Crippen LogP contribution >= 0.6 is 0 Å². The number of aryl methyl sites for hydroxylation is 1. The van der Waals surface area contributed by atoms with E-state index in [1.165, 1.54) is 0 Å². The van der Waals surface area contributed by atoms with Crippen molar-refractivity contribution in [2.75, 3.05) is 19.7 Å². The largest absolute Gasteiger partial charge is 0.444 e. The molecule has 1 aromatic carbocycles. The first-order valence-electron chi connectivity index (χ1n) is 11.7. The van der Waals surface area contributed by atoms with Crippen molar-refractivity contribution < 1.29 is 24.2 Å². The van der Waals surface area contributed by atoms with E-state index >= 15 is 0 Å². The second kappa shape index (κ2) is 14.2. The molecular weight excluding hydrogens is 436 g/mol. The Labute approximate surface area is 202 Å². The molecule has 3 amide bonds. The predicted molar refractivity (Wildman–Crippen MR) is 129 cm³/mol. The molecule has 0 aliphatic heterocycles. The van der Waals surface area contributed by atoms with Crippen LogP contribution in [0, 0.1) is 11.3 Å². The highest BCUT2D eigenvalue weighted by Crippen LogP contribution is 2.23. The zero-order valence-corrected chi connectivity index (χ0v) is 20.9. The summed E-state index contributed by atoms with van der Waals surface area (Å²) >= 11 is 0. The third kappa shape index (κ3) is 9.40. The van der Waals surface area contributed by atoms with Crippen LogP contribution < -0.4 is 10.6 Å². The lowest BCUT2D eigenvalue weighted by Crippen LogP contribution is -2.54. The summed E-state index contributed by atoms with van der Waals surface area (Å²) in [6.45, 7) is 8.38. The van der Waals surface area contributed by atoms with Crippen LogP contribution in [0.25, 0.3) is 0 Å². The van der Waals surface area contributed by atoms with E-state index in [-0.39, 0.29) is 0 Å². The Balaban J connectivity index is 3.26. The van der Waals surface area contributed by atoms with E-state index < -0.39 is 48.7 Å². The molecule has 0 fully saturated rings. The third-order valence-electron chi connectivity index (χ3n) is 5.04. The van der Waals surface area contributed by atoms with E-state index in [0.29, 0.717) is 12.1 Å². The van der Waals surface area contributed by atoms with Crippen molar-refractivity contribution in [2.24, 2.45) is 0 Å². The molecule has 0 heterocycles. The Kier molecular flexibility index (Phi) is 12.1. The standard InChI is InChI=1S/C25H38N4O5/c1-6-8-9-15-27-22(31)21(19-12-10-18(7-2)11-13-19)29(16-14-26)23(32)20(17-30)28-24(33)34-25(3,4)5/h10-13,20-21,30H,6-9,15-17H2,1-5H3,(H,27,31)(H,28,33). The van der Waals surface area contributed by atoms with Gasteiger partial charge in [0.05, 0.1) is 12.7 Å². The fourth-order valence-corrected chi connectivity index (χ4v) is 3.30. The molecule has 0 saturated carbocycles. The quantitative estimate of drug-likeness (QED) is 0.315. The molecule has 2 atom stereocenters. The van der Waals surface area contributed by atoms with Crippen molar-refractivity contribution in [3.05, 3.63) is 35.4 Å². The number of carbonyl (C=O) groups excluding carboxylic acids is 3. The zero-order valence-electron chi connectivity index (χ0n) is 20.9. The average Bonchev–Trinajstić information content (AvgIpc) is 2.78. The number of ether oxygens (including phenoxy) is 1. The highest BCUT2D eigenvalue weighted by atomic mass is 16.6. The van der Waals surface area contributed by atoms with E-state index in [9.17, 15) is 24.8 Å². The normalized spacial score (nSPS) is 12.7. The van der Waals surface area contributed by atoms with Gasteiger partial charge in [0.1, 0.15) is 24.2 Å². The summed E-state index contributed by atoms with van der Waals surface area (Å²) in [5.41, 5.74) is 0.785. The van der Waals surface area contributed by atoms with E-state index in [1.807, 2.05) is 25.1 Å². The number of rotatable bonds is 12. The summed E-state index contributed by atoms with van der Waals surface area (Å²) in [4.78, 5) is 39.8. The van der Waals surface area contributed by atoms with Crippen molar-refractivity contribution in [2.45, 2.75) is 78.0 Å². The number of nitrogens with one attached hydrogen (secondary N) is 2. The van der Waals surface area contributed by atoms with Crippen molar-refractivity contribution in [1.82, 2.24) is 15.5 Å². The third-order valence-corrected chi connectivity index (χ3v) is 5.04. The minimum absolute atomic E-state index is 0.409. The summed E-state index contributed by atoms with van der Waals surface area (Å²) in [5, 5.41) is 24.4. The van der Waals surface area contributed by atoms with Crippen molar-refractivity contribution >= 4 is 17.9 Å². The summed E-state index contributed by atoms with van der Waals surface area (Å²) in [6.07, 6.45) is 2.65. The number of hydrogen-bond acceptors (Lipinski definition) is 6. The Morgan fingerprint density at radius 2 is 1.79 bits per heavy atom. The molecule has 3 N–H and O–H groups in total. The van der Waals surface area contributed by atoms with E-state index in [0.717, 1.165) is 36.1 Å². The minimum Gasteiger partial charge on any atom is -0.444 e. The SMILES string of the molecule is CCCCCNC(=O)C(c1ccc(CC)cc1)N(CC#N)C(=O)C(CO)NC(=O)OC(C)(C)C. The summed E-state index contributed by atoms with van der Waals surface area (Å²) < 4.78 is 5.18. The van der Waals surface area contributed by atoms with Gasteiger partial charge in [-0.3, -0.25) is 9.59 Å². The van der Waals surface area contributed by atoms with Crippen LogP contribution in [0.2, 0.25) is 0 Å². The number of aliphatic hydroxyl groups excluding tert-OH is 1. The molecule has 0 radical (unpaired) electrons. The molecule has 1 rings (SSSR count). The highest BCUT2D eigenvalue weighted by Gasteiger charge is 2.36. The Hall–Kier alpha value is -3.12. The number of aliphatic hydroxyl groups is 1. The zero-order chi connectivity index (χ0) is 25.7. The average molecular weight is 475 g/mol. The van der Waals surface area contributed by atoms with Gasteiger partial charge in [-0.25, -0.2) is 4.79 Å². The van der Waals surface area contributed by atoms with Gasteiger partial charge in [0, 0.05) is 6.54 Å². The van der Waals surface area contributed by atoms with Crippen LogP contribution in [-0.2, 0) is 20.7 Å². The topological polar surface area (TPSA) is 132 Å². The van der Waals surface area contributed by atoms with E-state index in [4.69, 9.17) is 4.74 Å². The fraction of sp³-hybridized carbons (Fsp3) is 0.600. The second-order valence-corrected chi connectivity index (χ2v) is 9.00. The van der Waals surface area contributed by atoms with Crippen LogP contribution in [0.4, 0.5) is 4.79 Å². The van der Waals surface area contributed by atoms with Gasteiger partial charge in [-0.1, -0.05) is 51.0 Å². The highest BCUT2D eigenvalue weighted by molar-refractivity contribution is 5.92. The fourth-order valence-electron chi connectivity index (χ4n) is 3.30. The molecule has 1 aromatic rings. The molecule has 188 valence electrons. The van der Waals surface area contributed by atoms with Crippen LogP contribution in [-0.4, -0.2) is 59.3 Å². The molecule has 0 aliphatic rings. The number of nitrogens with zero attached hydrogens (tertiary/aromatic N) is 2. The lowest BCUT2D eigenvalue weighted by atomic mass is 10.0.